The Balaban J connectivity index is 0.00000208. The highest BCUT2D eigenvalue weighted by molar-refractivity contribution is 6.32. The van der Waals surface area contributed by atoms with Gasteiger partial charge >= 0.3 is 0 Å². The fraction of sp³-hybridized carbons (Fsp3) is 0.474. The summed E-state index contributed by atoms with van der Waals surface area (Å²) in [6.07, 6.45) is 7.99. The van der Waals surface area contributed by atoms with Crippen molar-refractivity contribution >= 4 is 24.0 Å². The molecule has 0 radical (unpaired) electrons. The zero-order chi connectivity index (χ0) is 16.1. The summed E-state index contributed by atoms with van der Waals surface area (Å²) in [6.45, 7) is 0.786. The molecule has 1 aliphatic rings. The molecule has 2 aromatic rings. The van der Waals surface area contributed by atoms with E-state index in [1.54, 1.807) is 7.11 Å². The Bertz CT molecular complexity index is 634. The van der Waals surface area contributed by atoms with Gasteiger partial charge in [0.1, 0.15) is 17.3 Å². The average molecular weight is 370 g/mol. The van der Waals surface area contributed by atoms with Crippen LogP contribution in [0, 0.1) is 0 Å². The predicted molar refractivity (Wildman–Crippen MR) is 101 cm³/mol. The van der Waals surface area contributed by atoms with Crippen LogP contribution >= 0.6 is 24.0 Å². The van der Waals surface area contributed by atoms with Gasteiger partial charge in [-0.05, 0) is 43.2 Å². The number of benzene rings is 1. The highest BCUT2D eigenvalue weighted by Gasteiger charge is 2.13. The molecule has 3 nitrogen and oxygen atoms in total. The number of ether oxygens (including phenoxy) is 1. The maximum absolute atomic E-state index is 6.19. The zero-order valence-electron chi connectivity index (χ0n) is 14.0. The Morgan fingerprint density at radius 2 is 1.88 bits per heavy atom. The van der Waals surface area contributed by atoms with Gasteiger partial charge in [-0.3, -0.25) is 0 Å². The van der Waals surface area contributed by atoms with Crippen molar-refractivity contribution in [3.05, 3.63) is 41.1 Å². The Morgan fingerprint density at radius 1 is 1.12 bits per heavy atom. The van der Waals surface area contributed by atoms with Crippen molar-refractivity contribution in [3.8, 4) is 17.1 Å². The summed E-state index contributed by atoms with van der Waals surface area (Å²) in [4.78, 5) is 0. The summed E-state index contributed by atoms with van der Waals surface area (Å²) < 4.78 is 11.1. The molecule has 1 aliphatic carbocycles. The molecule has 1 heterocycles. The first-order valence-corrected chi connectivity index (χ1v) is 8.80. The third-order valence-corrected chi connectivity index (χ3v) is 4.81. The van der Waals surface area contributed by atoms with Crippen molar-refractivity contribution < 1.29 is 9.15 Å². The average Bonchev–Trinajstić information content (AvgIpc) is 2.88. The lowest BCUT2D eigenvalue weighted by Crippen LogP contribution is -2.27. The van der Waals surface area contributed by atoms with E-state index in [0.717, 1.165) is 23.6 Å². The van der Waals surface area contributed by atoms with Gasteiger partial charge in [-0.1, -0.05) is 37.3 Å². The minimum atomic E-state index is 0. The van der Waals surface area contributed by atoms with Crippen LogP contribution in [-0.4, -0.2) is 13.2 Å². The predicted octanol–water partition coefficient (Wildman–Crippen LogP) is 5.84. The summed E-state index contributed by atoms with van der Waals surface area (Å²) in [6, 6.07) is 10.4. The number of rotatable bonds is 5. The van der Waals surface area contributed by atoms with Crippen LogP contribution in [0.5, 0.6) is 5.75 Å². The number of halogens is 2. The fourth-order valence-corrected chi connectivity index (χ4v) is 3.43. The van der Waals surface area contributed by atoms with Crippen molar-refractivity contribution in [1.29, 1.82) is 0 Å². The van der Waals surface area contributed by atoms with Gasteiger partial charge in [-0.2, -0.15) is 0 Å². The largest absolute Gasteiger partial charge is 0.495 e. The standard InChI is InChI=1S/C19H24ClNO2.ClH/c1-22-19-10-8-14(12-17(19)20)18-11-9-16(23-18)13-21-15-6-4-2-3-5-7-15;/h8-12,15,21H,2-7,13H2,1H3;1H. The Hall–Kier alpha value is -1.16. The molecule has 1 saturated carbocycles. The normalized spacial score (nSPS) is 15.6. The summed E-state index contributed by atoms with van der Waals surface area (Å²) in [5.41, 5.74) is 0.969. The van der Waals surface area contributed by atoms with E-state index in [1.807, 2.05) is 30.3 Å². The Kier molecular flexibility index (Phi) is 7.47. The van der Waals surface area contributed by atoms with Crippen molar-refractivity contribution in [2.45, 2.75) is 51.1 Å². The van der Waals surface area contributed by atoms with Crippen molar-refractivity contribution in [3.63, 3.8) is 0 Å². The van der Waals surface area contributed by atoms with Crippen molar-refractivity contribution in [1.82, 2.24) is 5.32 Å². The number of nitrogens with one attached hydrogen (secondary N) is 1. The number of methoxy groups -OCH3 is 1. The van der Waals surface area contributed by atoms with Crippen LogP contribution in [0.3, 0.4) is 0 Å². The van der Waals surface area contributed by atoms with Crippen LogP contribution in [0.15, 0.2) is 34.7 Å². The highest BCUT2D eigenvalue weighted by Crippen LogP contribution is 2.31. The molecule has 3 rings (SSSR count). The third kappa shape index (κ3) is 4.92. The molecule has 1 N–H and O–H groups in total. The molecule has 24 heavy (non-hydrogen) atoms. The van der Waals surface area contributed by atoms with Gasteiger partial charge < -0.3 is 14.5 Å². The molecule has 0 atom stereocenters. The quantitative estimate of drug-likeness (QED) is 0.671. The topological polar surface area (TPSA) is 34.4 Å². The molecule has 1 aromatic heterocycles. The van der Waals surface area contributed by atoms with Gasteiger partial charge in [-0.15, -0.1) is 12.4 Å². The molecule has 0 bridgehead atoms. The summed E-state index contributed by atoms with van der Waals surface area (Å²) in [7, 11) is 1.62. The molecular weight excluding hydrogens is 345 g/mol. The van der Waals surface area contributed by atoms with E-state index in [1.165, 1.54) is 38.5 Å². The van der Waals surface area contributed by atoms with E-state index < -0.39 is 0 Å². The summed E-state index contributed by atoms with van der Waals surface area (Å²) >= 11 is 6.19. The molecular formula is C19H25Cl2NO2. The van der Waals surface area contributed by atoms with Gasteiger partial charge in [0.2, 0.25) is 0 Å². The van der Waals surface area contributed by atoms with E-state index in [2.05, 4.69) is 5.32 Å². The van der Waals surface area contributed by atoms with Gasteiger partial charge in [0.05, 0.1) is 18.7 Å². The maximum Gasteiger partial charge on any atom is 0.137 e. The van der Waals surface area contributed by atoms with Gasteiger partial charge in [0, 0.05) is 11.6 Å². The molecule has 1 fully saturated rings. The summed E-state index contributed by atoms with van der Waals surface area (Å²) in [5, 5.41) is 4.23. The van der Waals surface area contributed by atoms with Crippen LogP contribution in [0.2, 0.25) is 5.02 Å². The molecule has 5 heteroatoms. The maximum atomic E-state index is 6.19. The van der Waals surface area contributed by atoms with E-state index in [-0.39, 0.29) is 12.4 Å². The third-order valence-electron chi connectivity index (χ3n) is 4.52. The zero-order valence-corrected chi connectivity index (χ0v) is 15.6. The summed E-state index contributed by atoms with van der Waals surface area (Å²) in [5.74, 6) is 2.49. The van der Waals surface area contributed by atoms with Gasteiger partial charge in [0.15, 0.2) is 0 Å². The molecule has 0 amide bonds. The number of hydrogen-bond donors (Lipinski definition) is 1. The number of hydrogen-bond acceptors (Lipinski definition) is 3. The van der Waals surface area contributed by atoms with Crippen LogP contribution in [0.4, 0.5) is 0 Å². The smallest absolute Gasteiger partial charge is 0.137 e. The van der Waals surface area contributed by atoms with E-state index >= 15 is 0 Å². The molecule has 0 aliphatic heterocycles. The minimum Gasteiger partial charge on any atom is -0.495 e. The van der Waals surface area contributed by atoms with E-state index in [4.69, 9.17) is 20.8 Å². The van der Waals surface area contributed by atoms with Gasteiger partial charge in [0.25, 0.3) is 0 Å². The first-order chi connectivity index (χ1) is 11.3. The Morgan fingerprint density at radius 3 is 2.54 bits per heavy atom. The fourth-order valence-electron chi connectivity index (χ4n) is 3.18. The molecule has 0 spiro atoms. The van der Waals surface area contributed by atoms with Gasteiger partial charge in [-0.25, -0.2) is 0 Å². The first-order valence-electron chi connectivity index (χ1n) is 8.42. The SMILES string of the molecule is COc1ccc(-c2ccc(CNC3CCCCCC3)o2)cc1Cl.Cl. The lowest BCUT2D eigenvalue weighted by atomic mass is 10.1. The van der Waals surface area contributed by atoms with Crippen LogP contribution < -0.4 is 10.1 Å². The van der Waals surface area contributed by atoms with E-state index in [0.29, 0.717) is 16.8 Å². The Labute approximate surface area is 155 Å². The van der Waals surface area contributed by atoms with Crippen molar-refractivity contribution in [2.24, 2.45) is 0 Å². The lowest BCUT2D eigenvalue weighted by molar-refractivity contribution is 0.414. The van der Waals surface area contributed by atoms with Crippen LogP contribution in [-0.2, 0) is 6.54 Å². The first kappa shape index (κ1) is 19.2. The number of furan rings is 1. The second kappa shape index (κ2) is 9.36. The lowest BCUT2D eigenvalue weighted by Gasteiger charge is -2.14. The van der Waals surface area contributed by atoms with E-state index in [9.17, 15) is 0 Å². The molecule has 132 valence electrons. The van der Waals surface area contributed by atoms with Crippen molar-refractivity contribution in [2.75, 3.05) is 7.11 Å². The second-order valence-electron chi connectivity index (χ2n) is 6.18. The monoisotopic (exact) mass is 369 g/mol. The molecule has 0 unspecified atom stereocenters. The highest BCUT2D eigenvalue weighted by atomic mass is 35.5. The van der Waals surface area contributed by atoms with Crippen LogP contribution in [0.1, 0.15) is 44.3 Å². The molecule has 0 saturated heterocycles. The molecule has 1 aromatic carbocycles. The van der Waals surface area contributed by atoms with Crippen LogP contribution in [0.25, 0.3) is 11.3 Å². The second-order valence-corrected chi connectivity index (χ2v) is 6.59. The minimum absolute atomic E-state index is 0.